The maximum atomic E-state index is 12.1. The van der Waals surface area contributed by atoms with E-state index in [4.69, 9.17) is 14.2 Å². The van der Waals surface area contributed by atoms with E-state index in [1.54, 1.807) is 20.8 Å². The largest absolute Gasteiger partial charge is 0.509 e. The van der Waals surface area contributed by atoms with Crippen LogP contribution in [0.2, 0.25) is 0 Å². The van der Waals surface area contributed by atoms with E-state index in [0.717, 1.165) is 16.7 Å². The SMILES string of the molecule is CC(=O)O[C@@H]1[C@@H](OC(=O)OC(C)(C)C)CN[C@@H]1Cc1ccc(-c2ccccc2)cc1. The van der Waals surface area contributed by atoms with Crippen LogP contribution >= 0.6 is 0 Å². The van der Waals surface area contributed by atoms with Crippen molar-refractivity contribution in [1.29, 1.82) is 0 Å². The lowest BCUT2D eigenvalue weighted by molar-refractivity contribution is -0.152. The molecule has 6 nitrogen and oxygen atoms in total. The van der Waals surface area contributed by atoms with Gasteiger partial charge in [0, 0.05) is 13.5 Å². The molecule has 0 unspecified atom stereocenters. The monoisotopic (exact) mass is 411 g/mol. The van der Waals surface area contributed by atoms with Crippen LogP contribution in [0, 0.1) is 0 Å². The zero-order valence-electron chi connectivity index (χ0n) is 17.9. The molecule has 0 aromatic heterocycles. The van der Waals surface area contributed by atoms with Crippen LogP contribution in [-0.4, -0.2) is 42.5 Å². The lowest BCUT2D eigenvalue weighted by atomic mass is 9.98. The van der Waals surface area contributed by atoms with Gasteiger partial charge in [-0.15, -0.1) is 0 Å². The summed E-state index contributed by atoms with van der Waals surface area (Å²) < 4.78 is 16.2. The molecule has 2 aromatic carbocycles. The Kier molecular flexibility index (Phi) is 6.77. The molecule has 0 amide bonds. The highest BCUT2D eigenvalue weighted by Crippen LogP contribution is 2.23. The number of benzene rings is 2. The third kappa shape index (κ3) is 6.07. The van der Waals surface area contributed by atoms with Gasteiger partial charge >= 0.3 is 12.1 Å². The van der Waals surface area contributed by atoms with E-state index in [1.807, 2.05) is 18.2 Å². The summed E-state index contributed by atoms with van der Waals surface area (Å²) in [6, 6.07) is 18.3. The van der Waals surface area contributed by atoms with Crippen molar-refractivity contribution >= 4 is 12.1 Å². The first kappa shape index (κ1) is 21.8. The summed E-state index contributed by atoms with van der Waals surface area (Å²) >= 11 is 0. The maximum Gasteiger partial charge on any atom is 0.509 e. The van der Waals surface area contributed by atoms with Gasteiger partial charge in [-0.2, -0.15) is 0 Å². The number of hydrogen-bond acceptors (Lipinski definition) is 6. The number of hydrogen-bond donors (Lipinski definition) is 1. The molecule has 0 radical (unpaired) electrons. The van der Waals surface area contributed by atoms with Crippen LogP contribution in [0.1, 0.15) is 33.3 Å². The second kappa shape index (κ2) is 9.30. The van der Waals surface area contributed by atoms with Gasteiger partial charge < -0.3 is 19.5 Å². The lowest BCUT2D eigenvalue weighted by Crippen LogP contribution is -2.40. The molecule has 3 rings (SSSR count). The Bertz CT molecular complexity index is 857. The zero-order valence-corrected chi connectivity index (χ0v) is 17.9. The molecule has 0 saturated carbocycles. The number of carbonyl (C=O) groups excluding carboxylic acids is 2. The Morgan fingerprint density at radius 2 is 1.60 bits per heavy atom. The molecule has 1 N–H and O–H groups in total. The molecule has 3 atom stereocenters. The van der Waals surface area contributed by atoms with Gasteiger partial charge in [-0.3, -0.25) is 4.79 Å². The predicted molar refractivity (Wildman–Crippen MR) is 114 cm³/mol. The maximum absolute atomic E-state index is 12.1. The summed E-state index contributed by atoms with van der Waals surface area (Å²) in [6.45, 7) is 7.06. The van der Waals surface area contributed by atoms with Gasteiger partial charge in [0.05, 0.1) is 6.04 Å². The Hall–Kier alpha value is -2.86. The van der Waals surface area contributed by atoms with Crippen molar-refractivity contribution in [2.24, 2.45) is 0 Å². The fraction of sp³-hybridized carbons (Fsp3) is 0.417. The number of ether oxygens (including phenoxy) is 3. The van der Waals surface area contributed by atoms with Crippen molar-refractivity contribution < 1.29 is 23.8 Å². The molecule has 30 heavy (non-hydrogen) atoms. The first-order chi connectivity index (χ1) is 14.2. The van der Waals surface area contributed by atoms with E-state index >= 15 is 0 Å². The average molecular weight is 411 g/mol. The standard InChI is InChI=1S/C24H29NO5/c1-16(26)28-22-20(25-15-21(22)29-23(27)30-24(2,3)4)14-17-10-12-19(13-11-17)18-8-6-5-7-9-18/h5-13,20-22,25H,14-15H2,1-4H3/t20-,21+,22+/m1/s1. The molecular formula is C24H29NO5. The molecule has 1 fully saturated rings. The van der Waals surface area contributed by atoms with E-state index in [0.29, 0.717) is 13.0 Å². The van der Waals surface area contributed by atoms with E-state index in [-0.39, 0.29) is 6.04 Å². The third-order valence-corrected chi connectivity index (χ3v) is 4.80. The molecule has 1 aliphatic rings. The molecule has 2 aromatic rings. The molecule has 0 aliphatic carbocycles. The van der Waals surface area contributed by atoms with Gasteiger partial charge in [0.2, 0.25) is 0 Å². The van der Waals surface area contributed by atoms with Crippen LogP contribution < -0.4 is 5.32 Å². The first-order valence-corrected chi connectivity index (χ1v) is 10.2. The molecule has 0 spiro atoms. The van der Waals surface area contributed by atoms with Gasteiger partial charge in [-0.25, -0.2) is 4.79 Å². The number of rotatable bonds is 5. The molecule has 0 bridgehead atoms. The van der Waals surface area contributed by atoms with Crippen LogP contribution in [0.25, 0.3) is 11.1 Å². The van der Waals surface area contributed by atoms with Gasteiger partial charge in [0.25, 0.3) is 0 Å². The third-order valence-electron chi connectivity index (χ3n) is 4.80. The van der Waals surface area contributed by atoms with Gasteiger partial charge in [0.1, 0.15) is 5.60 Å². The average Bonchev–Trinajstić information content (AvgIpc) is 3.02. The van der Waals surface area contributed by atoms with Crippen molar-refractivity contribution in [1.82, 2.24) is 5.32 Å². The molecular weight excluding hydrogens is 382 g/mol. The highest BCUT2D eigenvalue weighted by Gasteiger charge is 2.41. The summed E-state index contributed by atoms with van der Waals surface area (Å²) in [5.74, 6) is -0.411. The Labute approximate surface area is 177 Å². The van der Waals surface area contributed by atoms with E-state index in [1.165, 1.54) is 6.92 Å². The highest BCUT2D eigenvalue weighted by molar-refractivity contribution is 5.66. The van der Waals surface area contributed by atoms with Crippen LogP contribution in [0.4, 0.5) is 4.79 Å². The highest BCUT2D eigenvalue weighted by atomic mass is 16.7. The van der Waals surface area contributed by atoms with Crippen LogP contribution in [0.5, 0.6) is 0 Å². The fourth-order valence-electron chi connectivity index (χ4n) is 3.52. The minimum Gasteiger partial charge on any atom is -0.457 e. The molecule has 160 valence electrons. The predicted octanol–water partition coefficient (Wildman–Crippen LogP) is 4.12. The van der Waals surface area contributed by atoms with Gasteiger partial charge in [-0.05, 0) is 43.9 Å². The van der Waals surface area contributed by atoms with Gasteiger partial charge in [0.15, 0.2) is 12.2 Å². The molecule has 6 heteroatoms. The molecule has 1 saturated heterocycles. The smallest absolute Gasteiger partial charge is 0.457 e. The van der Waals surface area contributed by atoms with Crippen molar-refractivity contribution in [3.8, 4) is 11.1 Å². The summed E-state index contributed by atoms with van der Waals surface area (Å²) in [5.41, 5.74) is 2.75. The van der Waals surface area contributed by atoms with Crippen molar-refractivity contribution in [3.63, 3.8) is 0 Å². The van der Waals surface area contributed by atoms with Crippen molar-refractivity contribution in [2.45, 2.75) is 58.0 Å². The summed E-state index contributed by atoms with van der Waals surface area (Å²) in [5, 5.41) is 3.32. The minimum atomic E-state index is -0.765. The Morgan fingerprint density at radius 3 is 2.20 bits per heavy atom. The normalized spacial score (nSPS) is 21.1. The second-order valence-corrected chi connectivity index (χ2v) is 8.48. The van der Waals surface area contributed by atoms with E-state index in [9.17, 15) is 9.59 Å². The summed E-state index contributed by atoms with van der Waals surface area (Å²) in [6.07, 6.45) is -1.30. The van der Waals surface area contributed by atoms with Crippen LogP contribution in [0.3, 0.4) is 0 Å². The lowest BCUT2D eigenvalue weighted by Gasteiger charge is -2.25. The summed E-state index contributed by atoms with van der Waals surface area (Å²) in [4.78, 5) is 23.7. The number of carbonyl (C=O) groups is 2. The number of esters is 1. The number of nitrogens with one attached hydrogen (secondary N) is 1. The first-order valence-electron chi connectivity index (χ1n) is 10.2. The van der Waals surface area contributed by atoms with Crippen molar-refractivity contribution in [2.75, 3.05) is 6.54 Å². The van der Waals surface area contributed by atoms with E-state index in [2.05, 4.69) is 41.7 Å². The van der Waals surface area contributed by atoms with Crippen molar-refractivity contribution in [3.05, 3.63) is 60.2 Å². The van der Waals surface area contributed by atoms with Crippen LogP contribution in [-0.2, 0) is 25.4 Å². The fourth-order valence-corrected chi connectivity index (χ4v) is 3.52. The quantitative estimate of drug-likeness (QED) is 0.746. The topological polar surface area (TPSA) is 73.9 Å². The Balaban J connectivity index is 1.67. The minimum absolute atomic E-state index is 0.163. The zero-order chi connectivity index (χ0) is 21.7. The molecule has 1 heterocycles. The van der Waals surface area contributed by atoms with Crippen LogP contribution in [0.15, 0.2) is 54.6 Å². The Morgan fingerprint density at radius 1 is 0.967 bits per heavy atom. The van der Waals surface area contributed by atoms with Gasteiger partial charge in [-0.1, -0.05) is 54.6 Å². The van der Waals surface area contributed by atoms with E-state index < -0.39 is 29.9 Å². The second-order valence-electron chi connectivity index (χ2n) is 8.48. The molecule has 1 aliphatic heterocycles. The summed E-state index contributed by atoms with van der Waals surface area (Å²) in [7, 11) is 0.